The van der Waals surface area contributed by atoms with E-state index in [4.69, 9.17) is 0 Å². The lowest BCUT2D eigenvalue weighted by molar-refractivity contribution is 0.0932. The summed E-state index contributed by atoms with van der Waals surface area (Å²) < 4.78 is 0. The van der Waals surface area contributed by atoms with Crippen molar-refractivity contribution in [3.63, 3.8) is 0 Å². The minimum Gasteiger partial charge on any atom is -0.294 e. The molecule has 2 rings (SSSR count). The SMILES string of the molecule is CCCC1c2ccccc2C(=O)C1C. The Bertz CT molecular complexity index is 354. The summed E-state index contributed by atoms with van der Waals surface area (Å²) in [5, 5.41) is 0. The van der Waals surface area contributed by atoms with E-state index < -0.39 is 0 Å². The summed E-state index contributed by atoms with van der Waals surface area (Å²) in [6, 6.07) is 8.06. The summed E-state index contributed by atoms with van der Waals surface area (Å²) in [5.41, 5.74) is 2.23. The number of fused-ring (bicyclic) bond motifs is 1. The average Bonchev–Trinajstić information content (AvgIpc) is 2.45. The van der Waals surface area contributed by atoms with Gasteiger partial charge in [-0.15, -0.1) is 0 Å². The molecule has 0 saturated heterocycles. The molecule has 0 heterocycles. The second-order valence-corrected chi connectivity index (χ2v) is 4.14. The molecule has 14 heavy (non-hydrogen) atoms. The van der Waals surface area contributed by atoms with Crippen molar-refractivity contribution in [1.82, 2.24) is 0 Å². The van der Waals surface area contributed by atoms with Crippen molar-refractivity contribution in [3.8, 4) is 0 Å². The lowest BCUT2D eigenvalue weighted by Crippen LogP contribution is -2.08. The van der Waals surface area contributed by atoms with Crippen molar-refractivity contribution in [2.24, 2.45) is 5.92 Å². The van der Waals surface area contributed by atoms with Gasteiger partial charge in [0.05, 0.1) is 0 Å². The molecule has 74 valence electrons. The predicted molar refractivity (Wildman–Crippen MR) is 57.6 cm³/mol. The average molecular weight is 188 g/mol. The van der Waals surface area contributed by atoms with E-state index in [-0.39, 0.29) is 5.92 Å². The number of hydrogen-bond donors (Lipinski definition) is 0. The molecule has 1 aromatic rings. The molecule has 1 nitrogen and oxygen atoms in total. The fourth-order valence-corrected chi connectivity index (χ4v) is 2.46. The van der Waals surface area contributed by atoms with Gasteiger partial charge >= 0.3 is 0 Å². The molecule has 0 N–H and O–H groups in total. The summed E-state index contributed by atoms with van der Waals surface area (Å²) in [4.78, 5) is 11.9. The molecule has 0 bridgehead atoms. The first-order valence-electron chi connectivity index (χ1n) is 5.38. The summed E-state index contributed by atoms with van der Waals surface area (Å²) in [6.07, 6.45) is 2.28. The van der Waals surface area contributed by atoms with Gasteiger partial charge in [0.25, 0.3) is 0 Å². The van der Waals surface area contributed by atoms with Crippen molar-refractivity contribution in [2.45, 2.75) is 32.6 Å². The van der Waals surface area contributed by atoms with E-state index in [2.05, 4.69) is 19.9 Å². The minimum atomic E-state index is 0.187. The van der Waals surface area contributed by atoms with Crippen LogP contribution >= 0.6 is 0 Å². The van der Waals surface area contributed by atoms with Crippen LogP contribution in [0.1, 0.15) is 48.5 Å². The number of ketones is 1. The lowest BCUT2D eigenvalue weighted by atomic mass is 9.90. The van der Waals surface area contributed by atoms with Crippen LogP contribution in [0.15, 0.2) is 24.3 Å². The van der Waals surface area contributed by atoms with E-state index in [1.807, 2.05) is 18.2 Å². The standard InChI is InChI=1S/C13H16O/c1-3-6-10-9(2)13(14)12-8-5-4-7-11(10)12/h4-5,7-10H,3,6H2,1-2H3. The third kappa shape index (κ3) is 1.28. The van der Waals surface area contributed by atoms with Gasteiger partial charge in [0.1, 0.15) is 0 Å². The van der Waals surface area contributed by atoms with Gasteiger partial charge in [-0.2, -0.15) is 0 Å². The Morgan fingerprint density at radius 1 is 1.29 bits per heavy atom. The minimum absolute atomic E-state index is 0.187. The van der Waals surface area contributed by atoms with E-state index >= 15 is 0 Å². The lowest BCUT2D eigenvalue weighted by Gasteiger charge is -2.13. The smallest absolute Gasteiger partial charge is 0.166 e. The first-order valence-corrected chi connectivity index (χ1v) is 5.38. The molecule has 0 amide bonds. The van der Waals surface area contributed by atoms with Crippen LogP contribution in [0.4, 0.5) is 0 Å². The molecular formula is C13H16O. The zero-order valence-electron chi connectivity index (χ0n) is 8.79. The van der Waals surface area contributed by atoms with Crippen LogP contribution in [-0.2, 0) is 0 Å². The second kappa shape index (κ2) is 3.56. The molecule has 2 atom stereocenters. The van der Waals surface area contributed by atoms with Gasteiger partial charge in [0, 0.05) is 11.5 Å². The van der Waals surface area contributed by atoms with Crippen LogP contribution in [-0.4, -0.2) is 5.78 Å². The Hall–Kier alpha value is -1.11. The summed E-state index contributed by atoms with van der Waals surface area (Å²) in [6.45, 7) is 4.24. The van der Waals surface area contributed by atoms with Crippen LogP contribution in [0.3, 0.4) is 0 Å². The molecule has 0 fully saturated rings. The highest BCUT2D eigenvalue weighted by Gasteiger charge is 2.35. The third-order valence-electron chi connectivity index (χ3n) is 3.24. The first kappa shape index (κ1) is 9.45. The van der Waals surface area contributed by atoms with E-state index in [1.165, 1.54) is 5.56 Å². The van der Waals surface area contributed by atoms with Gasteiger partial charge in [-0.05, 0) is 17.9 Å². The highest BCUT2D eigenvalue weighted by molar-refractivity contribution is 6.02. The highest BCUT2D eigenvalue weighted by atomic mass is 16.1. The number of rotatable bonds is 2. The van der Waals surface area contributed by atoms with E-state index in [0.29, 0.717) is 11.7 Å². The maximum atomic E-state index is 11.9. The Labute approximate surface area is 85.1 Å². The normalized spacial score (nSPS) is 25.1. The van der Waals surface area contributed by atoms with Crippen LogP contribution in [0.5, 0.6) is 0 Å². The highest BCUT2D eigenvalue weighted by Crippen LogP contribution is 2.40. The first-order chi connectivity index (χ1) is 6.75. The topological polar surface area (TPSA) is 17.1 Å². The summed E-state index contributed by atoms with van der Waals surface area (Å²) in [5.74, 6) is 0.982. The van der Waals surface area contributed by atoms with Crippen LogP contribution in [0.2, 0.25) is 0 Å². The van der Waals surface area contributed by atoms with Gasteiger partial charge in [-0.3, -0.25) is 4.79 Å². The number of benzene rings is 1. The van der Waals surface area contributed by atoms with E-state index in [1.54, 1.807) is 0 Å². The number of carbonyl (C=O) groups excluding carboxylic acids is 1. The fraction of sp³-hybridized carbons (Fsp3) is 0.462. The molecule has 0 spiro atoms. The molecule has 2 unspecified atom stereocenters. The Morgan fingerprint density at radius 3 is 2.71 bits per heavy atom. The number of carbonyl (C=O) groups is 1. The second-order valence-electron chi connectivity index (χ2n) is 4.14. The fourth-order valence-electron chi connectivity index (χ4n) is 2.46. The van der Waals surface area contributed by atoms with E-state index in [9.17, 15) is 4.79 Å². The number of hydrogen-bond acceptors (Lipinski definition) is 1. The molecular weight excluding hydrogens is 172 g/mol. The number of Topliss-reactive ketones (excluding diaryl/α,β-unsaturated/α-hetero) is 1. The zero-order chi connectivity index (χ0) is 10.1. The van der Waals surface area contributed by atoms with Crippen LogP contribution in [0, 0.1) is 5.92 Å². The van der Waals surface area contributed by atoms with E-state index in [0.717, 1.165) is 18.4 Å². The molecule has 1 heteroatoms. The Kier molecular flexibility index (Phi) is 2.40. The van der Waals surface area contributed by atoms with Gasteiger partial charge < -0.3 is 0 Å². The Balaban J connectivity index is 2.42. The predicted octanol–water partition coefficient (Wildman–Crippen LogP) is 3.40. The quantitative estimate of drug-likeness (QED) is 0.695. The largest absolute Gasteiger partial charge is 0.294 e. The monoisotopic (exact) mass is 188 g/mol. The molecule has 1 aliphatic carbocycles. The van der Waals surface area contributed by atoms with Crippen LogP contribution in [0.25, 0.3) is 0 Å². The molecule has 0 radical (unpaired) electrons. The van der Waals surface area contributed by atoms with Gasteiger partial charge in [-0.1, -0.05) is 44.5 Å². The molecule has 1 aromatic carbocycles. The zero-order valence-corrected chi connectivity index (χ0v) is 8.79. The van der Waals surface area contributed by atoms with Crippen molar-refractivity contribution in [2.75, 3.05) is 0 Å². The maximum Gasteiger partial charge on any atom is 0.166 e. The molecule has 1 aliphatic rings. The summed E-state index contributed by atoms with van der Waals surface area (Å²) in [7, 11) is 0. The maximum absolute atomic E-state index is 11.9. The van der Waals surface area contributed by atoms with Gasteiger partial charge in [-0.25, -0.2) is 0 Å². The molecule has 0 aliphatic heterocycles. The van der Waals surface area contributed by atoms with Crippen LogP contribution < -0.4 is 0 Å². The Morgan fingerprint density at radius 2 is 2.00 bits per heavy atom. The van der Waals surface area contributed by atoms with Crippen molar-refractivity contribution in [3.05, 3.63) is 35.4 Å². The molecule has 0 saturated carbocycles. The van der Waals surface area contributed by atoms with Crippen molar-refractivity contribution >= 4 is 5.78 Å². The van der Waals surface area contributed by atoms with Gasteiger partial charge in [0.2, 0.25) is 0 Å². The van der Waals surface area contributed by atoms with Crippen molar-refractivity contribution < 1.29 is 4.79 Å². The van der Waals surface area contributed by atoms with Gasteiger partial charge in [0.15, 0.2) is 5.78 Å². The summed E-state index contributed by atoms with van der Waals surface area (Å²) >= 11 is 0. The third-order valence-corrected chi connectivity index (χ3v) is 3.24. The van der Waals surface area contributed by atoms with Crippen molar-refractivity contribution in [1.29, 1.82) is 0 Å². The molecule has 0 aromatic heterocycles.